The summed E-state index contributed by atoms with van der Waals surface area (Å²) in [4.78, 5) is 15.7. The van der Waals surface area contributed by atoms with Gasteiger partial charge in [0.15, 0.2) is 0 Å². The Morgan fingerprint density at radius 1 is 1.47 bits per heavy atom. The Bertz CT molecular complexity index is 562. The number of benzene rings is 1. The molecule has 0 saturated carbocycles. The van der Waals surface area contributed by atoms with Gasteiger partial charge in [0.05, 0.1) is 0 Å². The van der Waals surface area contributed by atoms with Crippen LogP contribution in [0.25, 0.3) is 0 Å². The number of carbonyl (C=O) groups is 1. The molecule has 0 saturated heterocycles. The maximum absolute atomic E-state index is 11.8. The van der Waals surface area contributed by atoms with E-state index in [4.69, 9.17) is 0 Å². The molecule has 0 bridgehead atoms. The summed E-state index contributed by atoms with van der Waals surface area (Å²) in [6.07, 6.45) is 1.35. The molecule has 2 rings (SSSR count). The molecular formula is C11H12N4O2. The summed E-state index contributed by atoms with van der Waals surface area (Å²) in [7, 11) is 1.68. The highest BCUT2D eigenvalue weighted by atomic mass is 16.3. The van der Waals surface area contributed by atoms with Crippen molar-refractivity contribution in [2.24, 2.45) is 7.05 Å². The van der Waals surface area contributed by atoms with Gasteiger partial charge in [-0.15, -0.1) is 0 Å². The van der Waals surface area contributed by atoms with Gasteiger partial charge in [-0.25, -0.2) is 4.68 Å². The highest BCUT2D eigenvalue weighted by molar-refractivity contribution is 6.03. The Morgan fingerprint density at radius 3 is 2.82 bits per heavy atom. The van der Waals surface area contributed by atoms with Crippen molar-refractivity contribution >= 4 is 11.9 Å². The van der Waals surface area contributed by atoms with Crippen LogP contribution in [0.15, 0.2) is 24.5 Å². The summed E-state index contributed by atoms with van der Waals surface area (Å²) in [6.45, 7) is 1.76. The average molecular weight is 232 g/mol. The molecule has 1 aromatic carbocycles. The van der Waals surface area contributed by atoms with Gasteiger partial charge in [0, 0.05) is 12.6 Å². The van der Waals surface area contributed by atoms with Crippen molar-refractivity contribution in [2.45, 2.75) is 6.92 Å². The third-order valence-electron chi connectivity index (χ3n) is 2.41. The maximum atomic E-state index is 11.8. The number of anilines is 1. The van der Waals surface area contributed by atoms with Gasteiger partial charge in [-0.1, -0.05) is 6.07 Å². The molecule has 0 atom stereocenters. The molecule has 0 aliphatic carbocycles. The van der Waals surface area contributed by atoms with Gasteiger partial charge in [0.25, 0.3) is 5.91 Å². The van der Waals surface area contributed by atoms with E-state index in [1.165, 1.54) is 17.1 Å². The van der Waals surface area contributed by atoms with Crippen molar-refractivity contribution in [1.82, 2.24) is 14.8 Å². The summed E-state index contributed by atoms with van der Waals surface area (Å²) >= 11 is 0. The van der Waals surface area contributed by atoms with Crippen molar-refractivity contribution < 1.29 is 9.90 Å². The Kier molecular flexibility index (Phi) is 2.78. The van der Waals surface area contributed by atoms with Crippen LogP contribution in [0.5, 0.6) is 5.75 Å². The monoisotopic (exact) mass is 232 g/mol. The van der Waals surface area contributed by atoms with E-state index in [1.807, 2.05) is 0 Å². The second-order valence-electron chi connectivity index (χ2n) is 3.66. The number of aromatic hydroxyl groups is 1. The van der Waals surface area contributed by atoms with Crippen molar-refractivity contribution in [3.05, 3.63) is 35.7 Å². The number of aryl methyl sites for hydroxylation is 2. The normalized spacial score (nSPS) is 10.2. The van der Waals surface area contributed by atoms with Crippen molar-refractivity contribution in [3.8, 4) is 5.75 Å². The van der Waals surface area contributed by atoms with Gasteiger partial charge in [-0.05, 0) is 24.6 Å². The van der Waals surface area contributed by atoms with Gasteiger partial charge in [-0.2, -0.15) is 10.1 Å². The fourth-order valence-electron chi connectivity index (χ4n) is 1.33. The molecule has 1 heterocycles. The highest BCUT2D eigenvalue weighted by Crippen LogP contribution is 2.18. The minimum Gasteiger partial charge on any atom is -0.508 e. The van der Waals surface area contributed by atoms with Gasteiger partial charge in [0.1, 0.15) is 12.1 Å². The molecule has 0 fully saturated rings. The van der Waals surface area contributed by atoms with Crippen molar-refractivity contribution in [1.29, 1.82) is 0 Å². The van der Waals surface area contributed by atoms with Gasteiger partial charge in [0.2, 0.25) is 5.95 Å². The molecule has 6 nitrogen and oxygen atoms in total. The van der Waals surface area contributed by atoms with Crippen LogP contribution < -0.4 is 5.32 Å². The van der Waals surface area contributed by atoms with Crippen LogP contribution in [0, 0.1) is 6.92 Å². The van der Waals surface area contributed by atoms with Crippen LogP contribution in [0.4, 0.5) is 5.95 Å². The van der Waals surface area contributed by atoms with Gasteiger partial charge < -0.3 is 5.11 Å². The van der Waals surface area contributed by atoms with E-state index < -0.39 is 0 Å². The number of hydrogen-bond acceptors (Lipinski definition) is 4. The molecular weight excluding hydrogens is 220 g/mol. The topological polar surface area (TPSA) is 80.0 Å². The number of rotatable bonds is 2. The molecule has 1 aromatic heterocycles. The first kappa shape index (κ1) is 11.1. The van der Waals surface area contributed by atoms with E-state index in [-0.39, 0.29) is 11.7 Å². The number of phenolic OH excluding ortho intramolecular Hbond substituents is 1. The predicted octanol–water partition coefficient (Wildman–Crippen LogP) is 1.08. The Hall–Kier alpha value is -2.37. The lowest BCUT2D eigenvalue weighted by Crippen LogP contribution is -2.15. The Balaban J connectivity index is 2.20. The third-order valence-corrected chi connectivity index (χ3v) is 2.41. The fraction of sp³-hybridized carbons (Fsp3) is 0.182. The lowest BCUT2D eigenvalue weighted by molar-refractivity contribution is 0.102. The first-order valence-electron chi connectivity index (χ1n) is 5.03. The van der Waals surface area contributed by atoms with Crippen LogP contribution in [-0.4, -0.2) is 25.8 Å². The number of aromatic nitrogens is 3. The number of nitrogens with one attached hydrogen (secondary N) is 1. The molecule has 6 heteroatoms. The molecule has 2 aromatic rings. The zero-order valence-corrected chi connectivity index (χ0v) is 9.51. The Labute approximate surface area is 97.9 Å². The van der Waals surface area contributed by atoms with E-state index in [1.54, 1.807) is 26.1 Å². The highest BCUT2D eigenvalue weighted by Gasteiger charge is 2.10. The number of carbonyl (C=O) groups excluding carboxylic acids is 1. The zero-order chi connectivity index (χ0) is 12.4. The van der Waals surface area contributed by atoms with Gasteiger partial charge in [-0.3, -0.25) is 10.1 Å². The molecule has 1 amide bonds. The van der Waals surface area contributed by atoms with E-state index in [2.05, 4.69) is 15.4 Å². The van der Waals surface area contributed by atoms with E-state index in [9.17, 15) is 9.90 Å². The van der Waals surface area contributed by atoms with Crippen LogP contribution in [-0.2, 0) is 7.05 Å². The Morgan fingerprint density at radius 2 is 2.24 bits per heavy atom. The van der Waals surface area contributed by atoms with Crippen molar-refractivity contribution in [3.63, 3.8) is 0 Å². The predicted molar refractivity (Wildman–Crippen MR) is 61.8 cm³/mol. The number of nitrogens with zero attached hydrogens (tertiary/aromatic N) is 3. The van der Waals surface area contributed by atoms with Crippen LogP contribution >= 0.6 is 0 Å². The van der Waals surface area contributed by atoms with Crippen LogP contribution in [0.1, 0.15) is 15.9 Å². The summed E-state index contributed by atoms with van der Waals surface area (Å²) in [5, 5.41) is 15.9. The molecule has 0 radical (unpaired) electrons. The van der Waals surface area contributed by atoms with Gasteiger partial charge >= 0.3 is 0 Å². The second-order valence-corrected chi connectivity index (χ2v) is 3.66. The largest absolute Gasteiger partial charge is 0.508 e. The molecule has 0 aliphatic rings. The van der Waals surface area contributed by atoms with E-state index in [0.717, 1.165) is 5.56 Å². The molecule has 2 N–H and O–H groups in total. The summed E-state index contributed by atoms with van der Waals surface area (Å²) in [5.41, 5.74) is 1.09. The molecule has 17 heavy (non-hydrogen) atoms. The number of hydrogen-bond donors (Lipinski definition) is 2. The molecule has 0 unspecified atom stereocenters. The summed E-state index contributed by atoms with van der Waals surface area (Å²) in [6, 6.07) is 4.74. The third kappa shape index (κ3) is 2.25. The minimum absolute atomic E-state index is 0.0932. The molecule has 0 spiro atoms. The summed E-state index contributed by atoms with van der Waals surface area (Å²) in [5.74, 6) is 0.113. The first-order chi connectivity index (χ1) is 8.08. The molecule has 88 valence electrons. The lowest BCUT2D eigenvalue weighted by atomic mass is 10.1. The zero-order valence-electron chi connectivity index (χ0n) is 9.51. The average Bonchev–Trinajstić information content (AvgIpc) is 2.68. The number of phenols is 1. The van der Waals surface area contributed by atoms with E-state index in [0.29, 0.717) is 11.5 Å². The standard InChI is InChI=1S/C11H12N4O2/c1-7-3-4-8(5-9(7)16)10(17)14-11-12-6-13-15(11)2/h3-6,16H,1-2H3,(H,12,13,14,17). The first-order valence-corrected chi connectivity index (χ1v) is 5.03. The van der Waals surface area contributed by atoms with Crippen LogP contribution in [0.2, 0.25) is 0 Å². The second kappa shape index (κ2) is 4.25. The SMILES string of the molecule is Cc1ccc(C(=O)Nc2ncnn2C)cc1O. The van der Waals surface area contributed by atoms with Crippen molar-refractivity contribution in [2.75, 3.05) is 5.32 Å². The number of amides is 1. The quantitative estimate of drug-likeness (QED) is 0.812. The minimum atomic E-state index is -0.337. The lowest BCUT2D eigenvalue weighted by Gasteiger charge is -2.05. The molecule has 0 aliphatic heterocycles. The summed E-state index contributed by atoms with van der Waals surface area (Å²) < 4.78 is 1.45. The maximum Gasteiger partial charge on any atom is 0.258 e. The van der Waals surface area contributed by atoms with E-state index >= 15 is 0 Å². The van der Waals surface area contributed by atoms with Crippen LogP contribution in [0.3, 0.4) is 0 Å². The smallest absolute Gasteiger partial charge is 0.258 e. The fourth-order valence-corrected chi connectivity index (χ4v) is 1.33.